The molecule has 0 N–H and O–H groups in total. The van der Waals surface area contributed by atoms with Gasteiger partial charge in [0.15, 0.2) is 0 Å². The molecule has 0 atom stereocenters. The Hall–Kier alpha value is -1.26. The highest BCUT2D eigenvalue weighted by atomic mass is 16.6. The summed E-state index contributed by atoms with van der Waals surface area (Å²) in [6.07, 6.45) is 0.136. The Bertz CT molecular complexity index is 284. The van der Waals surface area contributed by atoms with Crippen molar-refractivity contribution in [2.24, 2.45) is 5.41 Å². The van der Waals surface area contributed by atoms with Gasteiger partial charge in [-0.05, 0) is 5.41 Å². The van der Waals surface area contributed by atoms with E-state index in [-0.39, 0.29) is 17.4 Å². The molecule has 0 aliphatic rings. The Morgan fingerprint density at radius 3 is 2.00 bits per heavy atom. The molecule has 0 heterocycles. The summed E-state index contributed by atoms with van der Waals surface area (Å²) in [5, 5.41) is 0. The zero-order valence-corrected chi connectivity index (χ0v) is 12.4. The number of amides is 2. The maximum Gasteiger partial charge on any atom is 0.409 e. The fraction of sp³-hybridized carbons (Fsp3) is 0.846. The maximum atomic E-state index is 11.6. The second kappa shape index (κ2) is 7.24. The standard InChI is InChI=1S/C13H26N2O3/c1-7-11(16)14(5)8-9-15(6)12(17)18-10-13(2,3)4/h7-10H2,1-6H3. The van der Waals surface area contributed by atoms with E-state index in [4.69, 9.17) is 4.74 Å². The number of hydrogen-bond donors (Lipinski definition) is 0. The zero-order chi connectivity index (χ0) is 14.3. The van der Waals surface area contributed by atoms with E-state index in [9.17, 15) is 9.59 Å². The van der Waals surface area contributed by atoms with Crippen molar-refractivity contribution in [2.75, 3.05) is 33.8 Å². The topological polar surface area (TPSA) is 49.9 Å². The molecule has 0 aromatic rings. The number of nitrogens with zero attached hydrogens (tertiary/aromatic N) is 2. The van der Waals surface area contributed by atoms with Crippen LogP contribution in [0.4, 0.5) is 4.79 Å². The summed E-state index contributed by atoms with van der Waals surface area (Å²) in [5.41, 5.74) is -0.0362. The molecule has 5 heteroatoms. The van der Waals surface area contributed by atoms with E-state index in [0.29, 0.717) is 26.1 Å². The van der Waals surface area contributed by atoms with Crippen LogP contribution in [-0.4, -0.2) is 55.6 Å². The van der Waals surface area contributed by atoms with Gasteiger partial charge in [0, 0.05) is 33.6 Å². The van der Waals surface area contributed by atoms with Gasteiger partial charge in [0.25, 0.3) is 0 Å². The van der Waals surface area contributed by atoms with E-state index < -0.39 is 0 Å². The van der Waals surface area contributed by atoms with Gasteiger partial charge in [-0.25, -0.2) is 4.79 Å². The molecule has 2 amide bonds. The summed E-state index contributed by atoms with van der Waals surface area (Å²) in [7, 11) is 3.41. The fourth-order valence-corrected chi connectivity index (χ4v) is 1.17. The molecule has 0 unspecified atom stereocenters. The molecule has 106 valence electrons. The molecule has 0 aliphatic heterocycles. The summed E-state index contributed by atoms with van der Waals surface area (Å²) >= 11 is 0. The number of likely N-dealkylation sites (N-methyl/N-ethyl adjacent to an activating group) is 2. The number of carbonyl (C=O) groups excluding carboxylic acids is 2. The quantitative estimate of drug-likeness (QED) is 0.757. The lowest BCUT2D eigenvalue weighted by atomic mass is 9.99. The largest absolute Gasteiger partial charge is 0.449 e. The van der Waals surface area contributed by atoms with Crippen LogP contribution >= 0.6 is 0 Å². The second-order valence-corrected chi connectivity index (χ2v) is 5.71. The van der Waals surface area contributed by atoms with Gasteiger partial charge in [-0.15, -0.1) is 0 Å². The van der Waals surface area contributed by atoms with E-state index >= 15 is 0 Å². The first kappa shape index (κ1) is 16.7. The van der Waals surface area contributed by atoms with Crippen LogP contribution in [0.15, 0.2) is 0 Å². The normalized spacial score (nSPS) is 11.0. The third-order valence-electron chi connectivity index (χ3n) is 2.44. The molecule has 0 rings (SSSR count). The van der Waals surface area contributed by atoms with Gasteiger partial charge in [0.2, 0.25) is 5.91 Å². The van der Waals surface area contributed by atoms with Gasteiger partial charge >= 0.3 is 6.09 Å². The average molecular weight is 258 g/mol. The summed E-state index contributed by atoms with van der Waals surface area (Å²) in [5.74, 6) is 0.0754. The maximum absolute atomic E-state index is 11.6. The van der Waals surface area contributed by atoms with Crippen LogP contribution in [-0.2, 0) is 9.53 Å². The predicted molar refractivity (Wildman–Crippen MR) is 71.4 cm³/mol. The Morgan fingerprint density at radius 1 is 1.06 bits per heavy atom. The summed E-state index contributed by atoms with van der Waals surface area (Å²) < 4.78 is 5.17. The van der Waals surface area contributed by atoms with E-state index in [1.807, 2.05) is 27.7 Å². The molecule has 0 aromatic heterocycles. The number of rotatable bonds is 5. The molecule has 0 bridgehead atoms. The molecule has 0 saturated heterocycles. The summed E-state index contributed by atoms with van der Waals surface area (Å²) in [6, 6.07) is 0. The Balaban J connectivity index is 3.98. The van der Waals surface area contributed by atoms with Gasteiger partial charge in [-0.3, -0.25) is 4.79 Å². The van der Waals surface area contributed by atoms with Crippen molar-refractivity contribution in [1.82, 2.24) is 9.80 Å². The van der Waals surface area contributed by atoms with Crippen molar-refractivity contribution in [3.63, 3.8) is 0 Å². The van der Waals surface area contributed by atoms with Crippen LogP contribution in [0.2, 0.25) is 0 Å². The molecule has 0 aliphatic carbocycles. The molecule has 0 saturated carbocycles. The molecule has 5 nitrogen and oxygen atoms in total. The fourth-order valence-electron chi connectivity index (χ4n) is 1.17. The minimum atomic E-state index is -0.345. The van der Waals surface area contributed by atoms with Crippen molar-refractivity contribution in [2.45, 2.75) is 34.1 Å². The number of ether oxygens (including phenoxy) is 1. The van der Waals surface area contributed by atoms with Crippen LogP contribution < -0.4 is 0 Å². The minimum Gasteiger partial charge on any atom is -0.449 e. The van der Waals surface area contributed by atoms with Gasteiger partial charge < -0.3 is 14.5 Å². The van der Waals surface area contributed by atoms with Crippen molar-refractivity contribution >= 4 is 12.0 Å². The lowest BCUT2D eigenvalue weighted by Gasteiger charge is -2.24. The highest BCUT2D eigenvalue weighted by molar-refractivity contribution is 5.75. The molecule has 18 heavy (non-hydrogen) atoms. The third kappa shape index (κ3) is 7.14. The van der Waals surface area contributed by atoms with Crippen LogP contribution in [0.3, 0.4) is 0 Å². The number of carbonyl (C=O) groups is 2. The first-order valence-electron chi connectivity index (χ1n) is 6.29. The van der Waals surface area contributed by atoms with Crippen LogP contribution in [0.5, 0.6) is 0 Å². The lowest BCUT2D eigenvalue weighted by molar-refractivity contribution is -0.129. The number of hydrogen-bond acceptors (Lipinski definition) is 3. The molecular weight excluding hydrogens is 232 g/mol. The molecule has 0 spiro atoms. The van der Waals surface area contributed by atoms with E-state index in [2.05, 4.69) is 0 Å². The molecular formula is C13H26N2O3. The first-order chi connectivity index (χ1) is 8.17. The van der Waals surface area contributed by atoms with Gasteiger partial charge in [-0.1, -0.05) is 27.7 Å². The smallest absolute Gasteiger partial charge is 0.409 e. The Kier molecular flexibility index (Phi) is 6.73. The Morgan fingerprint density at radius 2 is 1.56 bits per heavy atom. The lowest BCUT2D eigenvalue weighted by Crippen LogP contribution is -2.38. The predicted octanol–water partition coefficient (Wildman–Crippen LogP) is 1.97. The van der Waals surface area contributed by atoms with Crippen LogP contribution in [0.1, 0.15) is 34.1 Å². The molecule has 0 fully saturated rings. The highest BCUT2D eigenvalue weighted by Crippen LogP contribution is 2.13. The monoisotopic (exact) mass is 258 g/mol. The van der Waals surface area contributed by atoms with Gasteiger partial charge in [-0.2, -0.15) is 0 Å². The van der Waals surface area contributed by atoms with Crippen molar-refractivity contribution in [3.8, 4) is 0 Å². The van der Waals surface area contributed by atoms with E-state index in [1.54, 1.807) is 19.0 Å². The SMILES string of the molecule is CCC(=O)N(C)CCN(C)C(=O)OCC(C)(C)C. The van der Waals surface area contributed by atoms with Crippen molar-refractivity contribution in [3.05, 3.63) is 0 Å². The summed E-state index contributed by atoms with van der Waals surface area (Å²) in [6.45, 7) is 9.23. The van der Waals surface area contributed by atoms with E-state index in [1.165, 1.54) is 4.90 Å². The van der Waals surface area contributed by atoms with Gasteiger partial charge in [0.1, 0.15) is 0 Å². The van der Waals surface area contributed by atoms with Gasteiger partial charge in [0.05, 0.1) is 6.61 Å². The third-order valence-corrected chi connectivity index (χ3v) is 2.44. The summed E-state index contributed by atoms with van der Waals surface area (Å²) in [4.78, 5) is 26.1. The zero-order valence-electron chi connectivity index (χ0n) is 12.4. The van der Waals surface area contributed by atoms with Crippen LogP contribution in [0, 0.1) is 5.41 Å². The highest BCUT2D eigenvalue weighted by Gasteiger charge is 2.17. The first-order valence-corrected chi connectivity index (χ1v) is 6.29. The van der Waals surface area contributed by atoms with Crippen LogP contribution in [0.25, 0.3) is 0 Å². The molecule has 0 aromatic carbocycles. The minimum absolute atomic E-state index is 0.0362. The molecule has 0 radical (unpaired) electrons. The van der Waals surface area contributed by atoms with Crippen molar-refractivity contribution < 1.29 is 14.3 Å². The average Bonchev–Trinajstić information content (AvgIpc) is 2.30. The second-order valence-electron chi connectivity index (χ2n) is 5.71. The Labute approximate surface area is 110 Å². The van der Waals surface area contributed by atoms with Crippen molar-refractivity contribution in [1.29, 1.82) is 0 Å². The van der Waals surface area contributed by atoms with E-state index in [0.717, 1.165) is 0 Å².